The Labute approximate surface area is 173 Å². The number of likely N-dealkylation sites (tertiary alicyclic amines) is 1. The monoisotopic (exact) mass is 401 g/mol. The number of nitrogens with zero attached hydrogens (tertiary/aromatic N) is 6. The molecule has 5 rings (SSSR count). The first kappa shape index (κ1) is 18.5. The molecular weight excluding hydrogens is 378 g/mol. The molecule has 4 aromatic rings. The molecule has 8 nitrogen and oxygen atoms in total. The van der Waals surface area contributed by atoms with Crippen molar-refractivity contribution >= 4 is 16.9 Å². The number of H-pyrrole nitrogens is 1. The zero-order chi connectivity index (χ0) is 20.5. The Morgan fingerprint density at radius 3 is 2.73 bits per heavy atom. The van der Waals surface area contributed by atoms with Crippen LogP contribution in [-0.4, -0.2) is 47.5 Å². The molecule has 1 aliphatic rings. The van der Waals surface area contributed by atoms with Gasteiger partial charge in [0.25, 0.3) is 0 Å². The molecule has 1 aliphatic heterocycles. The predicted octanol–water partition coefficient (Wildman–Crippen LogP) is 3.14. The van der Waals surface area contributed by atoms with Crippen LogP contribution in [0.5, 0.6) is 0 Å². The van der Waals surface area contributed by atoms with Gasteiger partial charge in [-0.15, -0.1) is 5.10 Å². The quantitative estimate of drug-likeness (QED) is 0.567. The van der Waals surface area contributed by atoms with Crippen LogP contribution in [0, 0.1) is 6.92 Å². The summed E-state index contributed by atoms with van der Waals surface area (Å²) in [5.74, 6) is 1.74. The number of fused-ring (bicyclic) bond motifs is 1. The van der Waals surface area contributed by atoms with Gasteiger partial charge in [-0.2, -0.15) is 4.68 Å². The maximum atomic E-state index is 13.2. The highest BCUT2D eigenvalue weighted by Crippen LogP contribution is 2.31. The Balaban J connectivity index is 1.34. The fourth-order valence-corrected chi connectivity index (χ4v) is 4.15. The Morgan fingerprint density at radius 2 is 1.97 bits per heavy atom. The molecule has 1 N–H and O–H groups in total. The minimum Gasteiger partial charge on any atom is -0.340 e. The van der Waals surface area contributed by atoms with Crippen molar-refractivity contribution in [1.29, 1.82) is 0 Å². The molecule has 0 bridgehead atoms. The second-order valence-corrected chi connectivity index (χ2v) is 7.72. The number of benzene rings is 2. The highest BCUT2D eigenvalue weighted by Gasteiger charge is 2.30. The van der Waals surface area contributed by atoms with Gasteiger partial charge in [0.2, 0.25) is 5.91 Å². The van der Waals surface area contributed by atoms with Crippen LogP contribution in [-0.2, 0) is 11.2 Å². The largest absolute Gasteiger partial charge is 0.340 e. The number of aryl methyl sites for hydroxylation is 1. The number of amides is 1. The highest BCUT2D eigenvalue weighted by atomic mass is 16.2. The lowest BCUT2D eigenvalue weighted by Crippen LogP contribution is -2.39. The molecule has 0 unspecified atom stereocenters. The summed E-state index contributed by atoms with van der Waals surface area (Å²) in [6.07, 6.45) is 3.43. The van der Waals surface area contributed by atoms with Crippen molar-refractivity contribution in [1.82, 2.24) is 35.1 Å². The van der Waals surface area contributed by atoms with Crippen molar-refractivity contribution < 1.29 is 4.79 Å². The minimum absolute atomic E-state index is 0.00166. The van der Waals surface area contributed by atoms with E-state index < -0.39 is 0 Å². The molecule has 1 atom stereocenters. The number of piperidine rings is 1. The summed E-state index contributed by atoms with van der Waals surface area (Å²) in [5, 5.41) is 11.6. The molecule has 1 amide bonds. The Hall–Kier alpha value is -3.55. The lowest BCUT2D eigenvalue weighted by atomic mass is 10.00. The Bertz CT molecular complexity index is 1140. The average Bonchev–Trinajstić information content (AvgIpc) is 3.40. The van der Waals surface area contributed by atoms with E-state index >= 15 is 0 Å². The number of para-hydroxylation sites is 2. The summed E-state index contributed by atoms with van der Waals surface area (Å²) in [6.45, 7) is 2.62. The Morgan fingerprint density at radius 1 is 1.13 bits per heavy atom. The van der Waals surface area contributed by atoms with Gasteiger partial charge in [-0.05, 0) is 66.4 Å². The van der Waals surface area contributed by atoms with Crippen molar-refractivity contribution in [2.24, 2.45) is 0 Å². The molecule has 0 saturated carbocycles. The third kappa shape index (κ3) is 3.45. The van der Waals surface area contributed by atoms with E-state index in [0.717, 1.165) is 59.7 Å². The van der Waals surface area contributed by atoms with E-state index in [9.17, 15) is 4.79 Å². The fourth-order valence-electron chi connectivity index (χ4n) is 4.15. The van der Waals surface area contributed by atoms with Crippen LogP contribution in [0.25, 0.3) is 16.7 Å². The molecule has 2 aromatic heterocycles. The molecule has 0 aliphatic carbocycles. The van der Waals surface area contributed by atoms with Crippen molar-refractivity contribution in [2.45, 2.75) is 38.6 Å². The first-order valence-electron chi connectivity index (χ1n) is 10.3. The van der Waals surface area contributed by atoms with Crippen LogP contribution in [0.2, 0.25) is 0 Å². The number of rotatable bonds is 4. The maximum absolute atomic E-state index is 13.2. The third-order valence-corrected chi connectivity index (χ3v) is 5.71. The molecular formula is C22H23N7O. The van der Waals surface area contributed by atoms with Crippen LogP contribution < -0.4 is 0 Å². The number of imidazole rings is 1. The molecule has 3 heterocycles. The van der Waals surface area contributed by atoms with Gasteiger partial charge < -0.3 is 9.88 Å². The SMILES string of the molecule is Cc1nnnn1-c1ccc(CC(=O)N2CCCC[C@H]2c2nc3ccccc3[nH]2)cc1. The van der Waals surface area contributed by atoms with E-state index in [4.69, 9.17) is 4.98 Å². The molecule has 8 heteroatoms. The van der Waals surface area contributed by atoms with Gasteiger partial charge in [0.05, 0.1) is 29.2 Å². The second-order valence-electron chi connectivity index (χ2n) is 7.72. The fraction of sp³-hybridized carbons (Fsp3) is 0.318. The zero-order valence-electron chi connectivity index (χ0n) is 16.8. The topological polar surface area (TPSA) is 92.6 Å². The van der Waals surface area contributed by atoms with Crippen LogP contribution >= 0.6 is 0 Å². The first-order chi connectivity index (χ1) is 14.7. The van der Waals surface area contributed by atoms with Crippen LogP contribution in [0.1, 0.15) is 42.5 Å². The van der Waals surface area contributed by atoms with E-state index in [2.05, 4.69) is 20.5 Å². The van der Waals surface area contributed by atoms with E-state index in [0.29, 0.717) is 6.42 Å². The van der Waals surface area contributed by atoms with Gasteiger partial charge in [-0.3, -0.25) is 4.79 Å². The van der Waals surface area contributed by atoms with Gasteiger partial charge in [-0.25, -0.2) is 4.98 Å². The molecule has 1 fully saturated rings. The smallest absolute Gasteiger partial charge is 0.227 e. The van der Waals surface area contributed by atoms with Gasteiger partial charge in [-0.1, -0.05) is 24.3 Å². The number of carbonyl (C=O) groups excluding carboxylic acids is 1. The summed E-state index contributed by atoms with van der Waals surface area (Å²) in [7, 11) is 0. The zero-order valence-corrected chi connectivity index (χ0v) is 16.8. The lowest BCUT2D eigenvalue weighted by molar-refractivity contribution is -0.134. The first-order valence-corrected chi connectivity index (χ1v) is 10.3. The van der Waals surface area contributed by atoms with E-state index in [1.807, 2.05) is 60.4 Å². The standard InChI is InChI=1S/C22H23N7O/c1-15-25-26-27-29(15)17-11-9-16(10-12-17)14-21(30)28-13-5-4-8-20(28)22-23-18-6-2-3-7-19(18)24-22/h2-3,6-7,9-12,20H,4-5,8,13-14H2,1H3,(H,23,24)/t20-/m0/s1. The third-order valence-electron chi connectivity index (χ3n) is 5.71. The van der Waals surface area contributed by atoms with E-state index in [1.165, 1.54) is 0 Å². The molecule has 0 radical (unpaired) electrons. The summed E-state index contributed by atoms with van der Waals surface area (Å²) in [4.78, 5) is 23.3. The number of hydrogen-bond acceptors (Lipinski definition) is 5. The van der Waals surface area contributed by atoms with Crippen molar-refractivity contribution in [2.75, 3.05) is 6.54 Å². The number of hydrogen-bond donors (Lipinski definition) is 1. The van der Waals surface area contributed by atoms with Crippen molar-refractivity contribution in [3.63, 3.8) is 0 Å². The second kappa shape index (κ2) is 7.70. The maximum Gasteiger partial charge on any atom is 0.227 e. The number of aromatic nitrogens is 6. The normalized spacial score (nSPS) is 16.8. The van der Waals surface area contributed by atoms with E-state index in [1.54, 1.807) is 4.68 Å². The number of nitrogens with one attached hydrogen (secondary N) is 1. The number of carbonyl (C=O) groups is 1. The predicted molar refractivity (Wildman–Crippen MR) is 112 cm³/mol. The van der Waals surface area contributed by atoms with E-state index in [-0.39, 0.29) is 11.9 Å². The average molecular weight is 401 g/mol. The summed E-state index contributed by atoms with van der Waals surface area (Å²) < 4.78 is 1.67. The van der Waals surface area contributed by atoms with Gasteiger partial charge in [0, 0.05) is 6.54 Å². The summed E-state index contributed by atoms with van der Waals surface area (Å²) in [6, 6.07) is 15.8. The lowest BCUT2D eigenvalue weighted by Gasteiger charge is -2.34. The van der Waals surface area contributed by atoms with Crippen molar-refractivity contribution in [3.8, 4) is 5.69 Å². The molecule has 2 aromatic carbocycles. The van der Waals surface area contributed by atoms with Crippen LogP contribution in [0.4, 0.5) is 0 Å². The van der Waals surface area contributed by atoms with Gasteiger partial charge >= 0.3 is 0 Å². The Kier molecular flexibility index (Phi) is 4.74. The van der Waals surface area contributed by atoms with Crippen molar-refractivity contribution in [3.05, 3.63) is 65.7 Å². The minimum atomic E-state index is 0.00166. The molecule has 30 heavy (non-hydrogen) atoms. The van der Waals surface area contributed by atoms with Crippen LogP contribution in [0.15, 0.2) is 48.5 Å². The number of tetrazole rings is 1. The molecule has 1 saturated heterocycles. The molecule has 0 spiro atoms. The summed E-state index contributed by atoms with van der Waals surface area (Å²) in [5.41, 5.74) is 3.81. The van der Waals surface area contributed by atoms with Crippen LogP contribution in [0.3, 0.4) is 0 Å². The van der Waals surface area contributed by atoms with Gasteiger partial charge in [0.15, 0.2) is 5.82 Å². The van der Waals surface area contributed by atoms with Gasteiger partial charge in [0.1, 0.15) is 5.82 Å². The number of aromatic amines is 1. The highest BCUT2D eigenvalue weighted by molar-refractivity contribution is 5.80. The molecule has 152 valence electrons. The summed E-state index contributed by atoms with van der Waals surface area (Å²) >= 11 is 0.